The molecule has 2 atom stereocenters. The van der Waals surface area contributed by atoms with Gasteiger partial charge in [0.05, 0.1) is 6.04 Å². The van der Waals surface area contributed by atoms with Gasteiger partial charge in [0, 0.05) is 25.6 Å². The van der Waals surface area contributed by atoms with Gasteiger partial charge >= 0.3 is 12.2 Å². The van der Waals surface area contributed by atoms with Gasteiger partial charge in [0.1, 0.15) is 13.2 Å². The molecule has 0 spiro atoms. The van der Waals surface area contributed by atoms with Gasteiger partial charge in [-0.3, -0.25) is 0 Å². The Kier molecular flexibility index (Phi) is 7.26. The number of rotatable bonds is 7. The number of nitrogens with one attached hydrogen (secondary N) is 3. The summed E-state index contributed by atoms with van der Waals surface area (Å²) in [6.07, 6.45) is -0.935. The van der Waals surface area contributed by atoms with Gasteiger partial charge in [-0.1, -0.05) is 60.7 Å². The van der Waals surface area contributed by atoms with Crippen LogP contribution in [-0.2, 0) is 22.7 Å². The van der Waals surface area contributed by atoms with E-state index in [0.717, 1.165) is 11.1 Å². The Balaban J connectivity index is 1.36. The van der Waals surface area contributed by atoms with E-state index in [2.05, 4.69) is 16.0 Å². The zero-order valence-electron chi connectivity index (χ0n) is 15.6. The van der Waals surface area contributed by atoms with Gasteiger partial charge in [0.15, 0.2) is 0 Å². The van der Waals surface area contributed by atoms with Crippen LogP contribution in [0.25, 0.3) is 0 Å². The SMILES string of the molecule is O=C(NC[C@H]1CNC[C@H]1NC(=O)OCc1ccccc1)OCc1ccccc1. The summed E-state index contributed by atoms with van der Waals surface area (Å²) in [6.45, 7) is 2.18. The molecular formula is C21H25N3O4. The molecule has 1 aliphatic heterocycles. The normalized spacial score (nSPS) is 18.3. The third-order valence-electron chi connectivity index (χ3n) is 4.58. The summed E-state index contributed by atoms with van der Waals surface area (Å²) in [6, 6.07) is 18.9. The van der Waals surface area contributed by atoms with Crippen LogP contribution in [0.4, 0.5) is 9.59 Å². The van der Waals surface area contributed by atoms with Crippen LogP contribution in [0.3, 0.4) is 0 Å². The van der Waals surface area contributed by atoms with Crippen molar-refractivity contribution in [2.24, 2.45) is 5.92 Å². The monoisotopic (exact) mass is 383 g/mol. The summed E-state index contributed by atoms with van der Waals surface area (Å²) in [7, 11) is 0. The third-order valence-corrected chi connectivity index (χ3v) is 4.58. The molecule has 7 heteroatoms. The summed E-state index contributed by atoms with van der Waals surface area (Å²) in [5, 5.41) is 8.85. The van der Waals surface area contributed by atoms with Crippen molar-refractivity contribution >= 4 is 12.2 Å². The fourth-order valence-electron chi connectivity index (χ4n) is 3.02. The lowest BCUT2D eigenvalue weighted by molar-refractivity contribution is 0.132. The van der Waals surface area contributed by atoms with Crippen LogP contribution in [0.1, 0.15) is 11.1 Å². The van der Waals surface area contributed by atoms with Crippen molar-refractivity contribution in [3.05, 3.63) is 71.8 Å². The summed E-state index contributed by atoms with van der Waals surface area (Å²) >= 11 is 0. The molecule has 2 aromatic carbocycles. The van der Waals surface area contributed by atoms with E-state index in [1.54, 1.807) is 0 Å². The zero-order valence-corrected chi connectivity index (χ0v) is 15.6. The van der Waals surface area contributed by atoms with E-state index in [-0.39, 0.29) is 25.2 Å². The maximum Gasteiger partial charge on any atom is 0.407 e. The highest BCUT2D eigenvalue weighted by Crippen LogP contribution is 2.09. The average Bonchev–Trinajstić information content (AvgIpc) is 3.17. The van der Waals surface area contributed by atoms with Crippen LogP contribution in [0.2, 0.25) is 0 Å². The molecule has 1 fully saturated rings. The zero-order chi connectivity index (χ0) is 19.6. The van der Waals surface area contributed by atoms with Gasteiger partial charge in [-0.05, 0) is 11.1 Å². The molecule has 0 saturated carbocycles. The molecular weight excluding hydrogens is 358 g/mol. The smallest absolute Gasteiger partial charge is 0.407 e. The molecule has 1 saturated heterocycles. The van der Waals surface area contributed by atoms with Crippen molar-refractivity contribution < 1.29 is 19.1 Å². The highest BCUT2D eigenvalue weighted by Gasteiger charge is 2.29. The number of alkyl carbamates (subject to hydrolysis) is 2. The highest BCUT2D eigenvalue weighted by atomic mass is 16.6. The van der Waals surface area contributed by atoms with Gasteiger partial charge in [-0.25, -0.2) is 9.59 Å². The lowest BCUT2D eigenvalue weighted by Gasteiger charge is -2.20. The van der Waals surface area contributed by atoms with Crippen LogP contribution < -0.4 is 16.0 Å². The first kappa shape index (κ1) is 19.7. The van der Waals surface area contributed by atoms with Gasteiger partial charge in [0.2, 0.25) is 0 Å². The van der Waals surface area contributed by atoms with E-state index >= 15 is 0 Å². The van der Waals surface area contributed by atoms with E-state index in [0.29, 0.717) is 19.6 Å². The van der Waals surface area contributed by atoms with Gasteiger partial charge in [-0.2, -0.15) is 0 Å². The molecule has 148 valence electrons. The van der Waals surface area contributed by atoms with Crippen molar-refractivity contribution in [1.82, 2.24) is 16.0 Å². The lowest BCUT2D eigenvalue weighted by atomic mass is 10.0. The van der Waals surface area contributed by atoms with Crippen LogP contribution >= 0.6 is 0 Å². The molecule has 3 rings (SSSR count). The maximum atomic E-state index is 12.0. The number of hydrogen-bond donors (Lipinski definition) is 3. The summed E-state index contributed by atoms with van der Waals surface area (Å²) in [4.78, 5) is 23.9. The first-order valence-corrected chi connectivity index (χ1v) is 9.33. The van der Waals surface area contributed by atoms with Crippen LogP contribution in [0, 0.1) is 5.92 Å². The Morgan fingerprint density at radius 1 is 0.857 bits per heavy atom. The maximum absolute atomic E-state index is 12.0. The quantitative estimate of drug-likeness (QED) is 0.683. The van der Waals surface area contributed by atoms with Crippen LogP contribution in [0.15, 0.2) is 60.7 Å². The molecule has 3 N–H and O–H groups in total. The van der Waals surface area contributed by atoms with E-state index in [1.165, 1.54) is 0 Å². The van der Waals surface area contributed by atoms with Gasteiger partial charge in [0.25, 0.3) is 0 Å². The summed E-state index contributed by atoms with van der Waals surface area (Å²) < 4.78 is 10.5. The molecule has 0 radical (unpaired) electrons. The van der Waals surface area contributed by atoms with Crippen molar-refractivity contribution in [2.45, 2.75) is 19.3 Å². The minimum Gasteiger partial charge on any atom is -0.445 e. The molecule has 0 aliphatic carbocycles. The number of amides is 2. The Bertz CT molecular complexity index is 755. The lowest BCUT2D eigenvalue weighted by Crippen LogP contribution is -2.44. The number of carbonyl (C=O) groups excluding carboxylic acids is 2. The minimum absolute atomic E-state index is 0.0635. The number of hydrogen-bond acceptors (Lipinski definition) is 5. The largest absolute Gasteiger partial charge is 0.445 e. The Morgan fingerprint density at radius 2 is 1.43 bits per heavy atom. The van der Waals surface area contributed by atoms with Crippen LogP contribution in [-0.4, -0.2) is 37.9 Å². The molecule has 1 heterocycles. The Labute approximate surface area is 164 Å². The van der Waals surface area contributed by atoms with E-state index in [1.807, 2.05) is 60.7 Å². The number of benzene rings is 2. The van der Waals surface area contributed by atoms with E-state index in [9.17, 15) is 9.59 Å². The molecule has 1 aliphatic rings. The first-order valence-electron chi connectivity index (χ1n) is 9.33. The second-order valence-corrected chi connectivity index (χ2v) is 6.67. The fourth-order valence-corrected chi connectivity index (χ4v) is 3.02. The number of carbonyl (C=O) groups is 2. The fraction of sp³-hybridized carbons (Fsp3) is 0.333. The van der Waals surface area contributed by atoms with Crippen LogP contribution in [0.5, 0.6) is 0 Å². The topological polar surface area (TPSA) is 88.7 Å². The molecule has 0 unspecified atom stereocenters. The summed E-state index contributed by atoms with van der Waals surface area (Å²) in [5.41, 5.74) is 1.86. The molecule has 7 nitrogen and oxygen atoms in total. The standard InChI is InChI=1S/C21H25N3O4/c25-20(27-14-16-7-3-1-4-8-16)23-12-18-11-22-13-19(18)24-21(26)28-15-17-9-5-2-6-10-17/h1-10,18-19,22H,11-15H2,(H,23,25)(H,24,26)/t18-,19-/m1/s1. The highest BCUT2D eigenvalue weighted by molar-refractivity contribution is 5.68. The van der Waals surface area contributed by atoms with Gasteiger partial charge in [-0.15, -0.1) is 0 Å². The molecule has 2 amide bonds. The van der Waals surface area contributed by atoms with Crippen molar-refractivity contribution in [3.8, 4) is 0 Å². The van der Waals surface area contributed by atoms with Crippen molar-refractivity contribution in [1.29, 1.82) is 0 Å². The minimum atomic E-state index is -0.471. The molecule has 2 aromatic rings. The summed E-state index contributed by atoms with van der Waals surface area (Å²) in [5.74, 6) is 0.0635. The van der Waals surface area contributed by atoms with E-state index in [4.69, 9.17) is 9.47 Å². The Morgan fingerprint density at radius 3 is 2.04 bits per heavy atom. The van der Waals surface area contributed by atoms with Crippen molar-refractivity contribution in [3.63, 3.8) is 0 Å². The van der Waals surface area contributed by atoms with Gasteiger partial charge < -0.3 is 25.4 Å². The van der Waals surface area contributed by atoms with E-state index < -0.39 is 12.2 Å². The second-order valence-electron chi connectivity index (χ2n) is 6.67. The average molecular weight is 383 g/mol. The molecule has 0 bridgehead atoms. The first-order chi connectivity index (χ1) is 13.7. The molecule has 28 heavy (non-hydrogen) atoms. The third kappa shape index (κ3) is 6.28. The van der Waals surface area contributed by atoms with Crippen molar-refractivity contribution in [2.75, 3.05) is 19.6 Å². The Hall–Kier alpha value is -3.06. The number of ether oxygens (including phenoxy) is 2. The second kappa shape index (κ2) is 10.3. The molecule has 0 aromatic heterocycles. The predicted octanol–water partition coefficient (Wildman–Crippen LogP) is 2.43. The predicted molar refractivity (Wildman–Crippen MR) is 105 cm³/mol.